The van der Waals surface area contributed by atoms with E-state index in [0.717, 1.165) is 89.9 Å². The normalized spacial score (nSPS) is 12.6. The number of esters is 3. The van der Waals surface area contributed by atoms with Crippen LogP contribution < -0.4 is 0 Å². The second-order valence-corrected chi connectivity index (χ2v) is 15.4. The first-order valence-electron chi connectivity index (χ1n) is 23.3. The van der Waals surface area contributed by atoms with Crippen molar-refractivity contribution >= 4 is 17.9 Å². The zero-order valence-corrected chi connectivity index (χ0v) is 36.6. The maximum absolute atomic E-state index is 12.7. The minimum Gasteiger partial charge on any atom is -0.462 e. The van der Waals surface area contributed by atoms with Crippen molar-refractivity contribution in [3.8, 4) is 0 Å². The van der Waals surface area contributed by atoms with Gasteiger partial charge in [-0.15, -0.1) is 0 Å². The highest BCUT2D eigenvalue weighted by atomic mass is 16.6. The summed E-state index contributed by atoms with van der Waals surface area (Å²) in [4.78, 5) is 37.7. The third-order valence-electron chi connectivity index (χ3n) is 9.85. The molecule has 0 aliphatic carbocycles. The molecule has 0 aliphatic rings. The summed E-state index contributed by atoms with van der Waals surface area (Å²) in [5.41, 5.74) is 0. The van der Waals surface area contributed by atoms with Crippen LogP contribution in [0.5, 0.6) is 0 Å². The van der Waals surface area contributed by atoms with E-state index in [9.17, 15) is 14.4 Å². The van der Waals surface area contributed by atoms with Crippen LogP contribution in [0.2, 0.25) is 0 Å². The largest absolute Gasteiger partial charge is 0.462 e. The molecule has 0 bridgehead atoms. The first-order chi connectivity index (χ1) is 27.5. The number of ether oxygens (including phenoxy) is 3. The Balaban J connectivity index is 4.41. The first kappa shape index (κ1) is 53.1. The Hall–Kier alpha value is -2.89. The quantitative estimate of drug-likeness (QED) is 0.0266. The number of hydrogen-bond acceptors (Lipinski definition) is 6. The van der Waals surface area contributed by atoms with Crippen molar-refractivity contribution in [3.63, 3.8) is 0 Å². The van der Waals surface area contributed by atoms with Crippen molar-refractivity contribution in [3.05, 3.63) is 60.8 Å². The van der Waals surface area contributed by atoms with Gasteiger partial charge in [-0.05, 0) is 64.2 Å². The Kier molecular flexibility index (Phi) is 42.5. The van der Waals surface area contributed by atoms with Crippen LogP contribution in [0.4, 0.5) is 0 Å². The fourth-order valence-corrected chi connectivity index (χ4v) is 6.31. The molecule has 0 fully saturated rings. The monoisotopic (exact) mass is 783 g/mol. The molecule has 322 valence electrons. The van der Waals surface area contributed by atoms with Crippen molar-refractivity contribution in [1.82, 2.24) is 0 Å². The average molecular weight is 783 g/mol. The van der Waals surface area contributed by atoms with Crippen LogP contribution in [0.25, 0.3) is 0 Å². The van der Waals surface area contributed by atoms with Crippen molar-refractivity contribution in [2.75, 3.05) is 13.2 Å². The molecular formula is C50H86O6. The maximum atomic E-state index is 12.7. The minimum atomic E-state index is -0.785. The van der Waals surface area contributed by atoms with Gasteiger partial charge in [-0.3, -0.25) is 14.4 Å². The highest BCUT2D eigenvalue weighted by molar-refractivity contribution is 5.71. The van der Waals surface area contributed by atoms with E-state index in [0.29, 0.717) is 19.3 Å². The molecule has 56 heavy (non-hydrogen) atoms. The molecule has 0 rings (SSSR count). The van der Waals surface area contributed by atoms with Crippen molar-refractivity contribution in [1.29, 1.82) is 0 Å². The fourth-order valence-electron chi connectivity index (χ4n) is 6.31. The first-order valence-corrected chi connectivity index (χ1v) is 23.3. The smallest absolute Gasteiger partial charge is 0.306 e. The van der Waals surface area contributed by atoms with Crippen molar-refractivity contribution < 1.29 is 28.6 Å². The summed E-state index contributed by atoms with van der Waals surface area (Å²) < 4.78 is 16.7. The Morgan fingerprint density at radius 1 is 0.375 bits per heavy atom. The maximum Gasteiger partial charge on any atom is 0.306 e. The number of allylic oxidation sites excluding steroid dienone is 10. The van der Waals surface area contributed by atoms with Crippen molar-refractivity contribution in [2.24, 2.45) is 0 Å². The molecule has 0 aromatic carbocycles. The predicted molar refractivity (Wildman–Crippen MR) is 238 cm³/mol. The SMILES string of the molecule is CC\C=C/C=C\C=C/CCCCCCCC(=O)OC(COC(=O)CCCCCCCC/C=C\C=C/CCCCC)COC(=O)CCCCCCCCCCCC. The molecule has 1 atom stereocenters. The lowest BCUT2D eigenvalue weighted by Gasteiger charge is -2.18. The van der Waals surface area contributed by atoms with Gasteiger partial charge in [0.25, 0.3) is 0 Å². The number of unbranched alkanes of at least 4 members (excludes halogenated alkanes) is 23. The summed E-state index contributed by atoms with van der Waals surface area (Å²) >= 11 is 0. The molecule has 0 spiro atoms. The van der Waals surface area contributed by atoms with E-state index in [-0.39, 0.29) is 31.1 Å². The van der Waals surface area contributed by atoms with Gasteiger partial charge in [0.05, 0.1) is 0 Å². The summed E-state index contributed by atoms with van der Waals surface area (Å²) in [5, 5.41) is 0. The summed E-state index contributed by atoms with van der Waals surface area (Å²) in [6.45, 7) is 6.42. The number of hydrogen-bond donors (Lipinski definition) is 0. The molecule has 6 nitrogen and oxygen atoms in total. The van der Waals surface area contributed by atoms with E-state index >= 15 is 0 Å². The molecule has 0 aromatic rings. The lowest BCUT2D eigenvalue weighted by molar-refractivity contribution is -0.167. The zero-order valence-electron chi connectivity index (χ0n) is 36.6. The van der Waals surface area contributed by atoms with Gasteiger partial charge in [0, 0.05) is 19.3 Å². The molecule has 0 aromatic heterocycles. The van der Waals surface area contributed by atoms with Crippen LogP contribution >= 0.6 is 0 Å². The topological polar surface area (TPSA) is 78.9 Å². The molecule has 0 aliphatic heterocycles. The van der Waals surface area contributed by atoms with E-state index in [4.69, 9.17) is 14.2 Å². The average Bonchev–Trinajstić information content (AvgIpc) is 3.19. The van der Waals surface area contributed by atoms with Crippen LogP contribution in [0.15, 0.2) is 60.8 Å². The Bertz CT molecular complexity index is 1040. The Labute approximate surface area is 345 Å². The Morgan fingerprint density at radius 3 is 1.12 bits per heavy atom. The molecule has 0 heterocycles. The fraction of sp³-hybridized carbons (Fsp3) is 0.740. The number of carbonyl (C=O) groups is 3. The minimum absolute atomic E-state index is 0.0857. The molecular weight excluding hydrogens is 697 g/mol. The van der Waals surface area contributed by atoms with Gasteiger partial charge in [0.15, 0.2) is 6.10 Å². The molecule has 6 heteroatoms. The molecule has 0 radical (unpaired) electrons. The van der Waals surface area contributed by atoms with Gasteiger partial charge in [0.1, 0.15) is 13.2 Å². The van der Waals surface area contributed by atoms with E-state index in [1.165, 1.54) is 89.9 Å². The molecule has 1 unspecified atom stereocenters. The number of carbonyl (C=O) groups excluding carboxylic acids is 3. The van der Waals surface area contributed by atoms with Crippen LogP contribution in [0.3, 0.4) is 0 Å². The lowest BCUT2D eigenvalue weighted by Crippen LogP contribution is -2.30. The third kappa shape index (κ3) is 42.3. The highest BCUT2D eigenvalue weighted by Gasteiger charge is 2.19. The van der Waals surface area contributed by atoms with Gasteiger partial charge in [-0.25, -0.2) is 0 Å². The second kappa shape index (κ2) is 44.8. The van der Waals surface area contributed by atoms with E-state index in [2.05, 4.69) is 81.5 Å². The van der Waals surface area contributed by atoms with Crippen LogP contribution in [0, 0.1) is 0 Å². The van der Waals surface area contributed by atoms with Crippen molar-refractivity contribution in [2.45, 2.75) is 226 Å². The summed E-state index contributed by atoms with van der Waals surface area (Å²) in [5.74, 6) is -0.922. The van der Waals surface area contributed by atoms with Crippen LogP contribution in [-0.4, -0.2) is 37.2 Å². The van der Waals surface area contributed by atoms with Crippen LogP contribution in [0.1, 0.15) is 220 Å². The molecule has 0 saturated carbocycles. The standard InChI is InChI=1S/C50H86O6/c1-4-7-10-13-16-19-22-24-25-27-28-31-34-37-40-43-49(52)55-46-47(45-54-48(51)42-39-36-33-30-21-18-15-12-9-6-3)56-50(53)44-41-38-35-32-29-26-23-20-17-14-11-8-5-2/h8,11,14,16-17,19-20,22-24,47H,4-7,9-10,12-13,15,18,21,25-46H2,1-3H3/b11-8-,17-14-,19-16-,23-20-,24-22-. The van der Waals surface area contributed by atoms with Gasteiger partial charge in [-0.2, -0.15) is 0 Å². The lowest BCUT2D eigenvalue weighted by atomic mass is 10.1. The van der Waals surface area contributed by atoms with Gasteiger partial charge >= 0.3 is 17.9 Å². The Morgan fingerprint density at radius 2 is 0.696 bits per heavy atom. The summed E-state index contributed by atoms with van der Waals surface area (Å²) in [6, 6.07) is 0. The van der Waals surface area contributed by atoms with Gasteiger partial charge in [-0.1, -0.05) is 197 Å². The molecule has 0 N–H and O–H groups in total. The highest BCUT2D eigenvalue weighted by Crippen LogP contribution is 2.14. The zero-order chi connectivity index (χ0) is 40.8. The van der Waals surface area contributed by atoms with E-state index in [1.807, 2.05) is 0 Å². The predicted octanol–water partition coefficient (Wildman–Crippen LogP) is 14.9. The number of rotatable bonds is 41. The molecule has 0 amide bonds. The summed E-state index contributed by atoms with van der Waals surface area (Å²) in [7, 11) is 0. The van der Waals surface area contributed by atoms with Crippen LogP contribution in [-0.2, 0) is 28.6 Å². The third-order valence-corrected chi connectivity index (χ3v) is 9.85. The van der Waals surface area contributed by atoms with Gasteiger partial charge < -0.3 is 14.2 Å². The molecule has 0 saturated heterocycles. The second-order valence-electron chi connectivity index (χ2n) is 15.4. The van der Waals surface area contributed by atoms with E-state index < -0.39 is 6.10 Å². The van der Waals surface area contributed by atoms with E-state index in [1.54, 1.807) is 0 Å². The van der Waals surface area contributed by atoms with Gasteiger partial charge in [0.2, 0.25) is 0 Å². The summed E-state index contributed by atoms with van der Waals surface area (Å²) in [6.07, 6.45) is 53.4.